The maximum Gasteiger partial charge on any atom is 0.0359 e. The fourth-order valence-corrected chi connectivity index (χ4v) is 5.40. The Kier molecular flexibility index (Phi) is 10.8. The van der Waals surface area contributed by atoms with Crippen LogP contribution in [0.15, 0.2) is 103 Å². The van der Waals surface area contributed by atoms with Gasteiger partial charge in [0.2, 0.25) is 0 Å². The highest BCUT2D eigenvalue weighted by atomic mass is 33.1. The van der Waals surface area contributed by atoms with Crippen LogP contribution in [-0.2, 0) is 0 Å². The van der Waals surface area contributed by atoms with E-state index in [2.05, 4.69) is 119 Å². The molecule has 4 rings (SSSR count). The number of anilines is 2. The molecule has 0 atom stereocenters. The highest BCUT2D eigenvalue weighted by Gasteiger charge is 1.98. The fourth-order valence-electron chi connectivity index (χ4n) is 3.59. The van der Waals surface area contributed by atoms with Crippen molar-refractivity contribution in [3.05, 3.63) is 120 Å². The van der Waals surface area contributed by atoms with Crippen LogP contribution >= 0.6 is 21.6 Å². The van der Waals surface area contributed by atoms with Crippen molar-refractivity contribution < 1.29 is 0 Å². The molecule has 0 saturated heterocycles. The Morgan fingerprint density at radius 2 is 1.24 bits per heavy atom. The van der Waals surface area contributed by atoms with E-state index in [1.165, 1.54) is 22.4 Å². The number of hydrogen-bond donors (Lipinski definition) is 2. The summed E-state index contributed by atoms with van der Waals surface area (Å²) in [5.74, 6) is 2.14. The molecule has 0 unspecified atom stereocenters. The lowest BCUT2D eigenvalue weighted by Crippen LogP contribution is -2.12. The fraction of sp³-hybridized carbons (Fsp3) is 0.194. The molecule has 4 nitrogen and oxygen atoms in total. The zero-order valence-electron chi connectivity index (χ0n) is 21.2. The van der Waals surface area contributed by atoms with Crippen LogP contribution < -0.4 is 10.6 Å². The Bertz CT molecular complexity index is 1200. The molecule has 1 aliphatic rings. The summed E-state index contributed by atoms with van der Waals surface area (Å²) in [6.45, 7) is 2.88. The quantitative estimate of drug-likeness (QED) is 0.177. The summed E-state index contributed by atoms with van der Waals surface area (Å²) >= 11 is 0. The first kappa shape index (κ1) is 26.7. The number of likely N-dealkylation sites (N-methyl/N-ethyl adjacent to an activating group) is 1. The number of benzene rings is 2. The molecule has 2 aromatic carbocycles. The normalized spacial score (nSPS) is 13.3. The molecule has 0 aliphatic carbocycles. The van der Waals surface area contributed by atoms with Crippen LogP contribution in [0.2, 0.25) is 0 Å². The van der Waals surface area contributed by atoms with E-state index in [0.29, 0.717) is 0 Å². The minimum Gasteiger partial charge on any atom is -0.384 e. The molecule has 0 radical (unpaired) electrons. The van der Waals surface area contributed by atoms with Gasteiger partial charge < -0.3 is 15.5 Å². The van der Waals surface area contributed by atoms with Crippen LogP contribution in [-0.4, -0.2) is 48.1 Å². The van der Waals surface area contributed by atoms with Crippen molar-refractivity contribution in [3.63, 3.8) is 0 Å². The van der Waals surface area contributed by atoms with E-state index in [0.717, 1.165) is 42.4 Å². The van der Waals surface area contributed by atoms with Gasteiger partial charge in [-0.25, -0.2) is 0 Å². The molecule has 0 bridgehead atoms. The Morgan fingerprint density at radius 3 is 1.76 bits per heavy atom. The van der Waals surface area contributed by atoms with Gasteiger partial charge in [-0.05, 0) is 70.9 Å². The van der Waals surface area contributed by atoms with Gasteiger partial charge in [-0.1, -0.05) is 76.2 Å². The summed E-state index contributed by atoms with van der Waals surface area (Å²) in [6, 6.07) is 21.2. The minimum absolute atomic E-state index is 0.954. The van der Waals surface area contributed by atoms with E-state index in [1.54, 1.807) is 0 Å². The lowest BCUT2D eigenvalue weighted by Gasteiger charge is -2.15. The van der Waals surface area contributed by atoms with Gasteiger partial charge in [0, 0.05) is 62.0 Å². The Morgan fingerprint density at radius 1 is 0.730 bits per heavy atom. The van der Waals surface area contributed by atoms with E-state index < -0.39 is 0 Å². The van der Waals surface area contributed by atoms with E-state index in [1.807, 2.05) is 46.1 Å². The van der Waals surface area contributed by atoms with Crippen molar-refractivity contribution in [2.24, 2.45) is 0 Å². The van der Waals surface area contributed by atoms with Crippen LogP contribution in [0.25, 0.3) is 18.2 Å². The van der Waals surface area contributed by atoms with Gasteiger partial charge in [0.25, 0.3) is 0 Å². The average molecular weight is 527 g/mol. The molecule has 3 aromatic rings. The first-order valence-electron chi connectivity index (χ1n) is 12.5. The molecule has 6 heteroatoms. The minimum atomic E-state index is 0.954. The maximum absolute atomic E-state index is 4.05. The number of nitrogens with zero attached hydrogens (tertiary/aromatic N) is 2. The van der Waals surface area contributed by atoms with Gasteiger partial charge in [0.05, 0.1) is 0 Å². The zero-order valence-corrected chi connectivity index (χ0v) is 22.8. The Balaban J connectivity index is 1.05. The Labute approximate surface area is 229 Å². The van der Waals surface area contributed by atoms with Crippen LogP contribution in [0.5, 0.6) is 0 Å². The molecule has 0 amide bonds. The van der Waals surface area contributed by atoms with Crippen molar-refractivity contribution in [1.29, 1.82) is 0 Å². The summed E-state index contributed by atoms with van der Waals surface area (Å²) in [4.78, 5) is 6.21. The van der Waals surface area contributed by atoms with Gasteiger partial charge in [-0.3, -0.25) is 4.98 Å². The van der Waals surface area contributed by atoms with Crippen LogP contribution in [0, 0.1) is 0 Å². The first-order valence-corrected chi connectivity index (χ1v) is 15.0. The van der Waals surface area contributed by atoms with Gasteiger partial charge in [0.15, 0.2) is 0 Å². The maximum atomic E-state index is 4.05. The molecular weight excluding hydrogens is 493 g/mol. The van der Waals surface area contributed by atoms with Crippen LogP contribution in [0.3, 0.4) is 0 Å². The number of pyridine rings is 1. The highest BCUT2D eigenvalue weighted by Crippen LogP contribution is 2.21. The van der Waals surface area contributed by atoms with Crippen molar-refractivity contribution in [3.8, 4) is 0 Å². The molecular formula is C31H34N4S2. The molecule has 1 aliphatic heterocycles. The van der Waals surface area contributed by atoms with E-state index in [4.69, 9.17) is 0 Å². The van der Waals surface area contributed by atoms with Crippen molar-refractivity contribution in [2.45, 2.75) is 0 Å². The molecule has 0 fully saturated rings. The van der Waals surface area contributed by atoms with Crippen molar-refractivity contribution >= 4 is 51.2 Å². The topological polar surface area (TPSA) is 40.2 Å². The summed E-state index contributed by atoms with van der Waals surface area (Å²) in [5, 5.41) is 7.02. The third-order valence-corrected chi connectivity index (χ3v) is 8.12. The summed E-state index contributed by atoms with van der Waals surface area (Å²) in [7, 11) is 5.91. The predicted octanol–water partition coefficient (Wildman–Crippen LogP) is 7.56. The SMILES string of the molecule is CN1C=CC(/C=C/c2ccc(NCCSSCCNc3ccc(/C=C/c4ccncc4)cc3)cc2)=CC1. The molecule has 0 spiro atoms. The zero-order chi connectivity index (χ0) is 25.5. The smallest absolute Gasteiger partial charge is 0.0359 e. The van der Waals surface area contributed by atoms with Gasteiger partial charge in [-0.2, -0.15) is 0 Å². The molecule has 1 aromatic heterocycles. The van der Waals surface area contributed by atoms with Gasteiger partial charge in [-0.15, -0.1) is 0 Å². The third kappa shape index (κ3) is 9.90. The summed E-state index contributed by atoms with van der Waals surface area (Å²) in [6.07, 6.45) is 18.7. The largest absolute Gasteiger partial charge is 0.384 e. The van der Waals surface area contributed by atoms with Gasteiger partial charge in [0.1, 0.15) is 0 Å². The molecule has 2 N–H and O–H groups in total. The second-order valence-corrected chi connectivity index (χ2v) is 11.4. The van der Waals surface area contributed by atoms with E-state index in [9.17, 15) is 0 Å². The van der Waals surface area contributed by atoms with Crippen LogP contribution in [0.4, 0.5) is 11.4 Å². The number of allylic oxidation sites excluding steroid dienone is 3. The number of hydrogen-bond acceptors (Lipinski definition) is 6. The lowest BCUT2D eigenvalue weighted by molar-refractivity contribution is 0.503. The second-order valence-electron chi connectivity index (χ2n) is 8.65. The number of nitrogens with one attached hydrogen (secondary N) is 2. The average Bonchev–Trinajstić information content (AvgIpc) is 2.95. The number of aromatic nitrogens is 1. The van der Waals surface area contributed by atoms with Crippen LogP contribution in [0.1, 0.15) is 16.7 Å². The number of rotatable bonds is 13. The second kappa shape index (κ2) is 15.0. The predicted molar refractivity (Wildman–Crippen MR) is 167 cm³/mol. The summed E-state index contributed by atoms with van der Waals surface area (Å²) < 4.78 is 0. The highest BCUT2D eigenvalue weighted by molar-refractivity contribution is 8.76. The monoisotopic (exact) mass is 526 g/mol. The van der Waals surface area contributed by atoms with E-state index >= 15 is 0 Å². The first-order chi connectivity index (χ1) is 18.2. The standard InChI is InChI=1S/C31H34N4S2/c1-35-22-16-29(17-23-35)5-3-27-8-12-31(13-9-27)34-21-25-37-36-24-20-33-30-10-6-26(7-11-30)2-4-28-14-18-32-19-15-28/h2-19,22,33-34H,20-21,23-25H2,1H3/b4-2+,5-3+. The molecule has 0 saturated carbocycles. The lowest BCUT2D eigenvalue weighted by atomic mass is 10.1. The molecule has 37 heavy (non-hydrogen) atoms. The van der Waals surface area contributed by atoms with Crippen molar-refractivity contribution in [1.82, 2.24) is 9.88 Å². The molecule has 2 heterocycles. The van der Waals surface area contributed by atoms with Crippen molar-refractivity contribution in [2.75, 3.05) is 48.8 Å². The summed E-state index contributed by atoms with van der Waals surface area (Å²) in [5.41, 5.74) is 7.14. The van der Waals surface area contributed by atoms with E-state index in [-0.39, 0.29) is 0 Å². The Hall–Kier alpha value is -3.35. The third-order valence-electron chi connectivity index (χ3n) is 5.71. The van der Waals surface area contributed by atoms with Gasteiger partial charge >= 0.3 is 0 Å². The molecule has 190 valence electrons.